The van der Waals surface area contributed by atoms with E-state index in [2.05, 4.69) is 69.1 Å². The first kappa shape index (κ1) is 20.6. The molecule has 0 unspecified atom stereocenters. The maximum Gasteiger partial charge on any atom is 0.139 e. The van der Waals surface area contributed by atoms with Crippen LogP contribution in [0.4, 0.5) is 5.69 Å². The standard InChI is InChI=1S/C25H34N2O/c1-17(2)10-12-26-11-8-9-20-13-21-16-28-25(6,7)27-15-23(18(3)4)19(5)22(14-20)24(21)27/h13-15,26H,1,3,5,8-12,16H2,2,4,6-7H3. The quantitative estimate of drug-likeness (QED) is 0.461. The van der Waals surface area contributed by atoms with Gasteiger partial charge in [0.15, 0.2) is 0 Å². The highest BCUT2D eigenvalue weighted by Crippen LogP contribution is 2.47. The number of hydrogen-bond donors (Lipinski definition) is 1. The average Bonchev–Trinajstić information content (AvgIpc) is 2.62. The van der Waals surface area contributed by atoms with Gasteiger partial charge in [0.05, 0.1) is 12.3 Å². The minimum Gasteiger partial charge on any atom is -0.351 e. The van der Waals surface area contributed by atoms with Gasteiger partial charge in [-0.1, -0.05) is 24.8 Å². The number of anilines is 1. The molecular weight excluding hydrogens is 344 g/mol. The Morgan fingerprint density at radius 3 is 2.64 bits per heavy atom. The van der Waals surface area contributed by atoms with Crippen molar-refractivity contribution >= 4 is 11.3 Å². The van der Waals surface area contributed by atoms with Crippen LogP contribution in [-0.4, -0.2) is 18.8 Å². The third-order valence-electron chi connectivity index (χ3n) is 5.57. The number of rotatable bonds is 8. The van der Waals surface area contributed by atoms with Crippen LogP contribution in [0.2, 0.25) is 0 Å². The van der Waals surface area contributed by atoms with Crippen LogP contribution >= 0.6 is 0 Å². The molecular formula is C25H34N2O. The van der Waals surface area contributed by atoms with Gasteiger partial charge >= 0.3 is 0 Å². The predicted octanol–water partition coefficient (Wildman–Crippen LogP) is 5.73. The lowest BCUT2D eigenvalue weighted by molar-refractivity contribution is -0.0341. The van der Waals surface area contributed by atoms with Crippen LogP contribution in [-0.2, 0) is 17.8 Å². The van der Waals surface area contributed by atoms with E-state index in [1.165, 1.54) is 28.0 Å². The molecule has 1 N–H and O–H groups in total. The molecule has 1 aromatic carbocycles. The van der Waals surface area contributed by atoms with Gasteiger partial charge in [-0.25, -0.2) is 0 Å². The highest BCUT2D eigenvalue weighted by molar-refractivity contribution is 5.93. The minimum absolute atomic E-state index is 0.377. The van der Waals surface area contributed by atoms with E-state index in [0.29, 0.717) is 6.61 Å². The summed E-state index contributed by atoms with van der Waals surface area (Å²) in [6.45, 7) is 23.5. The van der Waals surface area contributed by atoms with Crippen molar-refractivity contribution in [1.29, 1.82) is 0 Å². The molecule has 2 aliphatic rings. The number of nitrogens with one attached hydrogen (secondary N) is 1. The second-order valence-electron chi connectivity index (χ2n) is 8.62. The number of aryl methyl sites for hydroxylation is 1. The molecule has 0 saturated heterocycles. The maximum atomic E-state index is 6.18. The number of allylic oxidation sites excluding steroid dienone is 3. The molecule has 0 aromatic heterocycles. The van der Waals surface area contributed by atoms with Gasteiger partial charge < -0.3 is 15.0 Å². The fraction of sp³-hybridized carbons (Fsp3) is 0.440. The summed E-state index contributed by atoms with van der Waals surface area (Å²) in [5, 5.41) is 3.51. The van der Waals surface area contributed by atoms with E-state index in [1.54, 1.807) is 0 Å². The normalized spacial score (nSPS) is 17.2. The first-order valence-electron chi connectivity index (χ1n) is 10.2. The van der Waals surface area contributed by atoms with Crippen molar-refractivity contribution in [1.82, 2.24) is 5.32 Å². The zero-order valence-electron chi connectivity index (χ0n) is 18.0. The van der Waals surface area contributed by atoms with Gasteiger partial charge in [0, 0.05) is 22.9 Å². The molecule has 1 aromatic rings. The van der Waals surface area contributed by atoms with E-state index in [9.17, 15) is 0 Å². The Hall–Kier alpha value is -2.10. The van der Waals surface area contributed by atoms with Gasteiger partial charge in [0.1, 0.15) is 5.72 Å². The molecule has 2 aliphatic heterocycles. The summed E-state index contributed by atoms with van der Waals surface area (Å²) in [4.78, 5) is 2.25. The average molecular weight is 379 g/mol. The van der Waals surface area contributed by atoms with Crippen LogP contribution in [0.5, 0.6) is 0 Å². The fourth-order valence-corrected chi connectivity index (χ4v) is 3.91. The molecule has 0 aliphatic carbocycles. The van der Waals surface area contributed by atoms with Crippen LogP contribution in [0.1, 0.15) is 57.2 Å². The number of benzene rings is 1. The monoisotopic (exact) mass is 378 g/mol. The largest absolute Gasteiger partial charge is 0.351 e. The highest BCUT2D eigenvalue weighted by atomic mass is 16.5. The predicted molar refractivity (Wildman–Crippen MR) is 120 cm³/mol. The fourth-order valence-electron chi connectivity index (χ4n) is 3.91. The summed E-state index contributed by atoms with van der Waals surface area (Å²) in [5.74, 6) is 0. The minimum atomic E-state index is -0.377. The van der Waals surface area contributed by atoms with E-state index >= 15 is 0 Å². The van der Waals surface area contributed by atoms with Crippen molar-refractivity contribution in [2.75, 3.05) is 18.0 Å². The second kappa shape index (κ2) is 8.10. The van der Waals surface area contributed by atoms with E-state index in [4.69, 9.17) is 4.74 Å². The van der Waals surface area contributed by atoms with Crippen molar-refractivity contribution in [2.24, 2.45) is 0 Å². The third kappa shape index (κ3) is 4.16. The van der Waals surface area contributed by atoms with Crippen molar-refractivity contribution in [3.8, 4) is 0 Å². The van der Waals surface area contributed by atoms with Crippen molar-refractivity contribution < 1.29 is 4.74 Å². The first-order chi connectivity index (χ1) is 13.2. The van der Waals surface area contributed by atoms with Gasteiger partial charge in [-0.3, -0.25) is 0 Å². The van der Waals surface area contributed by atoms with E-state index < -0.39 is 0 Å². The lowest BCUT2D eigenvalue weighted by Crippen LogP contribution is -2.47. The van der Waals surface area contributed by atoms with Gasteiger partial charge in [-0.15, -0.1) is 6.58 Å². The summed E-state index contributed by atoms with van der Waals surface area (Å²) in [6.07, 6.45) is 5.35. The lowest BCUT2D eigenvalue weighted by Gasteiger charge is -2.46. The number of hydrogen-bond acceptors (Lipinski definition) is 3. The Kier molecular flexibility index (Phi) is 5.97. The smallest absolute Gasteiger partial charge is 0.139 e. The van der Waals surface area contributed by atoms with E-state index in [0.717, 1.165) is 49.1 Å². The summed E-state index contributed by atoms with van der Waals surface area (Å²) in [6, 6.07) is 4.63. The molecule has 3 heteroatoms. The molecule has 150 valence electrons. The molecule has 3 nitrogen and oxygen atoms in total. The topological polar surface area (TPSA) is 24.5 Å². The molecule has 0 saturated carbocycles. The Morgan fingerprint density at radius 2 is 1.96 bits per heavy atom. The summed E-state index contributed by atoms with van der Waals surface area (Å²) in [7, 11) is 0. The summed E-state index contributed by atoms with van der Waals surface area (Å²) in [5.41, 5.74) is 9.13. The Labute approximate surface area is 170 Å². The Morgan fingerprint density at radius 1 is 1.21 bits per heavy atom. The Balaban J connectivity index is 1.81. The molecule has 0 radical (unpaired) electrons. The van der Waals surface area contributed by atoms with Crippen LogP contribution in [0, 0.1) is 0 Å². The maximum absolute atomic E-state index is 6.18. The van der Waals surface area contributed by atoms with Crippen LogP contribution in [0.25, 0.3) is 5.57 Å². The molecule has 2 heterocycles. The number of nitrogens with zero attached hydrogens (tertiary/aromatic N) is 1. The van der Waals surface area contributed by atoms with Gasteiger partial charge in [-0.05, 0) is 82.8 Å². The first-order valence-corrected chi connectivity index (χ1v) is 10.2. The molecule has 28 heavy (non-hydrogen) atoms. The van der Waals surface area contributed by atoms with Crippen molar-refractivity contribution in [3.05, 3.63) is 71.5 Å². The molecule has 0 atom stereocenters. The van der Waals surface area contributed by atoms with Crippen LogP contribution in [0.3, 0.4) is 0 Å². The molecule has 3 rings (SSSR count). The Bertz CT molecular complexity index is 844. The molecule has 0 bridgehead atoms. The number of ether oxygens (including phenoxy) is 1. The van der Waals surface area contributed by atoms with Crippen LogP contribution < -0.4 is 10.2 Å². The third-order valence-corrected chi connectivity index (χ3v) is 5.57. The summed E-state index contributed by atoms with van der Waals surface area (Å²) >= 11 is 0. The van der Waals surface area contributed by atoms with Crippen LogP contribution in [0.15, 0.2) is 54.8 Å². The summed E-state index contributed by atoms with van der Waals surface area (Å²) < 4.78 is 6.18. The highest BCUT2D eigenvalue weighted by Gasteiger charge is 2.38. The van der Waals surface area contributed by atoms with Crippen molar-refractivity contribution in [3.63, 3.8) is 0 Å². The SMILES string of the molecule is C=C(C)CCNCCCc1cc2c3c(c1)C(=C)C(C(=C)C)=CN3C(C)(C)OC2. The van der Waals surface area contributed by atoms with Gasteiger partial charge in [0.2, 0.25) is 0 Å². The molecule has 0 spiro atoms. The second-order valence-corrected chi connectivity index (χ2v) is 8.62. The molecule has 0 fully saturated rings. The zero-order valence-corrected chi connectivity index (χ0v) is 18.0. The van der Waals surface area contributed by atoms with Gasteiger partial charge in [-0.2, -0.15) is 0 Å². The van der Waals surface area contributed by atoms with E-state index in [-0.39, 0.29) is 5.72 Å². The molecule has 0 amide bonds. The van der Waals surface area contributed by atoms with E-state index in [1.807, 2.05) is 6.92 Å². The van der Waals surface area contributed by atoms with Crippen molar-refractivity contribution in [2.45, 2.75) is 59.3 Å². The lowest BCUT2D eigenvalue weighted by atomic mass is 9.86. The zero-order chi connectivity index (χ0) is 20.5. The van der Waals surface area contributed by atoms with Gasteiger partial charge in [0.25, 0.3) is 0 Å².